The molecule has 0 radical (unpaired) electrons. The molecule has 0 bridgehead atoms. The second-order valence-electron chi connectivity index (χ2n) is 5.83. The highest BCUT2D eigenvalue weighted by molar-refractivity contribution is 7.15. The van der Waals surface area contributed by atoms with Crippen LogP contribution in [0.5, 0.6) is 0 Å². The lowest BCUT2D eigenvalue weighted by Crippen LogP contribution is -2.32. The summed E-state index contributed by atoms with van der Waals surface area (Å²) in [5.41, 5.74) is -1.43. The van der Waals surface area contributed by atoms with Gasteiger partial charge in [-0.3, -0.25) is 5.32 Å². The number of nitrogens with one attached hydrogen (secondary N) is 2. The summed E-state index contributed by atoms with van der Waals surface area (Å²) in [4.78, 5) is 12.0. The number of aliphatic hydroxyl groups is 3. The third-order valence-corrected chi connectivity index (χ3v) is 4.83. The van der Waals surface area contributed by atoms with Crippen LogP contribution in [0.3, 0.4) is 0 Å². The monoisotopic (exact) mass is 420 g/mol. The van der Waals surface area contributed by atoms with E-state index in [4.69, 9.17) is 9.84 Å². The summed E-state index contributed by atoms with van der Waals surface area (Å²) in [6.45, 7) is -0.514. The second kappa shape index (κ2) is 7.97. The number of nitrogens with zero attached hydrogens (tertiary/aromatic N) is 2. The average Bonchev–Trinajstić information content (AvgIpc) is 3.19. The van der Waals surface area contributed by atoms with E-state index in [1.54, 1.807) is 0 Å². The number of rotatable bonds is 4. The van der Waals surface area contributed by atoms with Gasteiger partial charge in [0.1, 0.15) is 24.4 Å². The Morgan fingerprint density at radius 3 is 2.54 bits per heavy atom. The van der Waals surface area contributed by atoms with Gasteiger partial charge < -0.3 is 25.4 Å². The normalized spacial score (nSPS) is 24.9. The van der Waals surface area contributed by atoms with Crippen LogP contribution in [0.1, 0.15) is 16.7 Å². The van der Waals surface area contributed by atoms with Crippen LogP contribution in [0.25, 0.3) is 0 Å². The largest absolute Gasteiger partial charge is 0.418 e. The number of ether oxygens (including phenoxy) is 1. The summed E-state index contributed by atoms with van der Waals surface area (Å²) in [5, 5.41) is 40.6. The summed E-state index contributed by atoms with van der Waals surface area (Å²) >= 11 is 0.803. The number of hydrogen-bond acceptors (Lipinski definition) is 8. The van der Waals surface area contributed by atoms with Crippen molar-refractivity contribution in [3.05, 3.63) is 34.8 Å². The summed E-state index contributed by atoms with van der Waals surface area (Å²) in [6, 6.07) is 3.51. The Morgan fingerprint density at radius 2 is 1.89 bits per heavy atom. The van der Waals surface area contributed by atoms with Crippen molar-refractivity contribution < 1.29 is 38.0 Å². The topological polar surface area (TPSA) is 137 Å². The third kappa shape index (κ3) is 4.23. The zero-order valence-electron chi connectivity index (χ0n) is 13.9. The number of anilines is 2. The molecule has 2 aromatic rings. The summed E-state index contributed by atoms with van der Waals surface area (Å²) in [5.74, 6) is 0. The summed E-state index contributed by atoms with van der Waals surface area (Å²) in [7, 11) is 0. The molecule has 1 aromatic heterocycles. The van der Waals surface area contributed by atoms with Gasteiger partial charge >= 0.3 is 12.2 Å². The number of carbonyl (C=O) groups excluding carboxylic acids is 1. The highest BCUT2D eigenvalue weighted by Crippen LogP contribution is 2.36. The van der Waals surface area contributed by atoms with Gasteiger partial charge in [0.25, 0.3) is 0 Å². The first-order chi connectivity index (χ1) is 13.2. The Labute approximate surface area is 159 Å². The Bertz CT molecular complexity index is 849. The van der Waals surface area contributed by atoms with Crippen molar-refractivity contribution in [2.75, 3.05) is 17.2 Å². The van der Waals surface area contributed by atoms with Gasteiger partial charge in [-0.25, -0.2) is 4.79 Å². The van der Waals surface area contributed by atoms with E-state index in [9.17, 15) is 28.2 Å². The summed E-state index contributed by atoms with van der Waals surface area (Å²) in [6.07, 6.45) is -9.38. The van der Waals surface area contributed by atoms with E-state index in [0.29, 0.717) is 0 Å². The number of aliphatic hydroxyl groups excluding tert-OH is 3. The van der Waals surface area contributed by atoms with E-state index in [1.165, 1.54) is 12.1 Å². The van der Waals surface area contributed by atoms with Crippen LogP contribution < -0.4 is 10.6 Å². The van der Waals surface area contributed by atoms with Gasteiger partial charge in [0.15, 0.2) is 5.01 Å². The highest BCUT2D eigenvalue weighted by atomic mass is 32.1. The van der Waals surface area contributed by atoms with Gasteiger partial charge in [0.2, 0.25) is 5.13 Å². The lowest BCUT2D eigenvalue weighted by atomic mass is 10.1. The number of hydrogen-bond donors (Lipinski definition) is 5. The molecule has 13 heteroatoms. The zero-order chi connectivity index (χ0) is 20.5. The molecule has 28 heavy (non-hydrogen) atoms. The minimum Gasteiger partial charge on any atom is -0.394 e. The second-order valence-corrected chi connectivity index (χ2v) is 6.84. The molecule has 1 saturated heterocycles. The molecule has 9 nitrogen and oxygen atoms in total. The van der Waals surface area contributed by atoms with Gasteiger partial charge in [-0.2, -0.15) is 13.2 Å². The molecule has 1 aromatic carbocycles. The number of urea groups is 1. The molecule has 3 rings (SSSR count). The molecule has 5 N–H and O–H groups in total. The minimum absolute atomic E-state index is 0.0604. The lowest BCUT2D eigenvalue weighted by Gasteiger charge is -2.13. The molecule has 1 aliphatic rings. The Kier molecular flexibility index (Phi) is 5.81. The van der Waals surface area contributed by atoms with Crippen LogP contribution in [-0.2, 0) is 10.9 Å². The Hall–Kier alpha value is -2.32. The molecular formula is C15H15F3N4O5S. The van der Waals surface area contributed by atoms with Crippen molar-refractivity contribution in [2.24, 2.45) is 0 Å². The smallest absolute Gasteiger partial charge is 0.394 e. The van der Waals surface area contributed by atoms with Gasteiger partial charge in [0, 0.05) is 0 Å². The quantitative estimate of drug-likeness (QED) is 0.504. The van der Waals surface area contributed by atoms with Crippen LogP contribution in [-0.4, -0.2) is 56.5 Å². The van der Waals surface area contributed by atoms with Crippen molar-refractivity contribution >= 4 is 28.2 Å². The zero-order valence-corrected chi connectivity index (χ0v) is 14.7. The number of halogens is 3. The van der Waals surface area contributed by atoms with E-state index in [0.717, 1.165) is 23.5 Å². The Morgan fingerprint density at radius 1 is 1.18 bits per heavy atom. The molecule has 0 spiro atoms. The molecule has 1 fully saturated rings. The van der Waals surface area contributed by atoms with Crippen molar-refractivity contribution in [3.8, 4) is 0 Å². The van der Waals surface area contributed by atoms with E-state index >= 15 is 0 Å². The van der Waals surface area contributed by atoms with E-state index in [-0.39, 0.29) is 10.1 Å². The fourth-order valence-corrected chi connectivity index (χ4v) is 3.41. The van der Waals surface area contributed by atoms with Crippen LogP contribution in [0.15, 0.2) is 24.3 Å². The average molecular weight is 420 g/mol. The molecule has 0 unspecified atom stereocenters. The van der Waals surface area contributed by atoms with Gasteiger partial charge in [-0.05, 0) is 12.1 Å². The Balaban J connectivity index is 1.67. The first-order valence-electron chi connectivity index (χ1n) is 7.90. The fourth-order valence-electron chi connectivity index (χ4n) is 2.59. The first-order valence-corrected chi connectivity index (χ1v) is 8.72. The number of carbonyl (C=O) groups is 1. The van der Waals surface area contributed by atoms with E-state index < -0.39 is 54.5 Å². The van der Waals surface area contributed by atoms with Crippen molar-refractivity contribution in [3.63, 3.8) is 0 Å². The molecule has 2 heterocycles. The van der Waals surface area contributed by atoms with Crippen LogP contribution in [0, 0.1) is 0 Å². The number of alkyl halides is 3. The predicted molar refractivity (Wildman–Crippen MR) is 90.7 cm³/mol. The van der Waals surface area contributed by atoms with Crippen molar-refractivity contribution in [2.45, 2.75) is 30.6 Å². The maximum atomic E-state index is 13.0. The third-order valence-electron chi connectivity index (χ3n) is 3.93. The molecule has 152 valence electrons. The fraction of sp³-hybridized carbons (Fsp3) is 0.400. The van der Waals surface area contributed by atoms with Gasteiger partial charge in [-0.1, -0.05) is 23.5 Å². The van der Waals surface area contributed by atoms with Crippen LogP contribution in [0.2, 0.25) is 0 Å². The van der Waals surface area contributed by atoms with Crippen molar-refractivity contribution in [1.29, 1.82) is 0 Å². The standard InChI is InChI=1S/C15H15F3N4O5S/c16-15(17,18)6-3-1-2-4-7(6)19-13(26)20-14-22-21-12(28-14)11-10(25)9(24)8(5-23)27-11/h1-4,8-11,23-25H,5H2,(H2,19,20,22,26)/t8-,9-,10-,11-/m1/s1. The van der Waals surface area contributed by atoms with Gasteiger partial charge in [-0.15, -0.1) is 10.2 Å². The van der Waals surface area contributed by atoms with Crippen LogP contribution >= 0.6 is 11.3 Å². The molecule has 0 saturated carbocycles. The van der Waals surface area contributed by atoms with Crippen LogP contribution in [0.4, 0.5) is 28.8 Å². The first kappa shape index (κ1) is 20.4. The SMILES string of the molecule is O=C(Nc1nnc([C@@H]2O[C@H](CO)[C@@H](O)[C@H]2O)s1)Nc1ccccc1C(F)(F)F. The van der Waals surface area contributed by atoms with E-state index in [1.807, 2.05) is 0 Å². The maximum absolute atomic E-state index is 13.0. The predicted octanol–water partition coefficient (Wildman–Crippen LogP) is 1.35. The van der Waals surface area contributed by atoms with Gasteiger partial charge in [0.05, 0.1) is 17.9 Å². The molecule has 2 amide bonds. The lowest BCUT2D eigenvalue weighted by molar-refractivity contribution is -0.136. The molecule has 1 aliphatic heterocycles. The highest BCUT2D eigenvalue weighted by Gasteiger charge is 2.44. The number of benzene rings is 1. The molecule has 4 atom stereocenters. The van der Waals surface area contributed by atoms with Crippen molar-refractivity contribution in [1.82, 2.24) is 10.2 Å². The number of aromatic nitrogens is 2. The molecular weight excluding hydrogens is 405 g/mol. The van der Waals surface area contributed by atoms with E-state index in [2.05, 4.69) is 20.8 Å². The minimum atomic E-state index is -4.64. The number of amides is 2. The maximum Gasteiger partial charge on any atom is 0.418 e. The molecule has 0 aliphatic carbocycles. The number of para-hydroxylation sites is 1. The summed E-state index contributed by atoms with van der Waals surface area (Å²) < 4.78 is 44.2.